The van der Waals surface area contributed by atoms with E-state index in [0.717, 1.165) is 0 Å². The number of hydrogen-bond donors (Lipinski definition) is 7. The summed E-state index contributed by atoms with van der Waals surface area (Å²) in [5.74, 6) is -4.74. The van der Waals surface area contributed by atoms with E-state index in [9.17, 15) is 29.1 Å². The predicted octanol–water partition coefficient (Wildman–Crippen LogP) is -2.27. The Labute approximate surface area is 188 Å². The molecule has 1 aliphatic rings. The first-order chi connectivity index (χ1) is 15.1. The van der Waals surface area contributed by atoms with Crippen LogP contribution in [-0.2, 0) is 30.4 Å². The Balaban J connectivity index is 2.14. The third-order valence-corrected chi connectivity index (χ3v) is 5.33. The summed E-state index contributed by atoms with van der Waals surface area (Å²) in [4.78, 5) is 68.1. The van der Waals surface area contributed by atoms with E-state index < -0.39 is 60.2 Å². The van der Waals surface area contributed by atoms with Gasteiger partial charge in [-0.1, -0.05) is 0 Å². The summed E-state index contributed by atoms with van der Waals surface area (Å²) < 4.78 is 0. The number of nitrogens with two attached hydrogens (primary N) is 1. The van der Waals surface area contributed by atoms with Crippen molar-refractivity contribution in [3.63, 3.8) is 0 Å². The van der Waals surface area contributed by atoms with Crippen LogP contribution in [0.25, 0.3) is 0 Å². The molecule has 0 aromatic carbocycles. The number of carbonyl (C=O) groups excluding carboxylic acids is 3. The van der Waals surface area contributed by atoms with E-state index >= 15 is 0 Å². The van der Waals surface area contributed by atoms with Gasteiger partial charge in [-0.05, 0) is 12.8 Å². The number of imidazole rings is 1. The van der Waals surface area contributed by atoms with E-state index in [-0.39, 0.29) is 18.7 Å². The van der Waals surface area contributed by atoms with Crippen LogP contribution in [0.2, 0.25) is 0 Å². The SMILES string of the molecule is NC(CC(=O)O)C(=O)NC(CS)C(=O)NC(Cc1cnc[nH]1)C(=O)N1CCCC1C(=O)O. The van der Waals surface area contributed by atoms with Gasteiger partial charge in [-0.2, -0.15) is 12.6 Å². The first-order valence-electron chi connectivity index (χ1n) is 9.83. The molecule has 0 bridgehead atoms. The summed E-state index contributed by atoms with van der Waals surface area (Å²) in [6.07, 6.45) is 3.08. The first kappa shape index (κ1) is 25.1. The number of aromatic nitrogens is 2. The lowest BCUT2D eigenvalue weighted by Crippen LogP contribution is -2.58. The molecule has 1 fully saturated rings. The van der Waals surface area contributed by atoms with Crippen molar-refractivity contribution in [3.05, 3.63) is 18.2 Å². The van der Waals surface area contributed by atoms with Gasteiger partial charge in [0, 0.05) is 30.6 Å². The summed E-state index contributed by atoms with van der Waals surface area (Å²) in [6, 6.07) is -4.68. The highest BCUT2D eigenvalue weighted by atomic mass is 32.1. The molecule has 1 aliphatic heterocycles. The average Bonchev–Trinajstić information content (AvgIpc) is 3.42. The minimum absolute atomic E-state index is 0.0131. The molecule has 7 N–H and O–H groups in total. The minimum atomic E-state index is -1.37. The van der Waals surface area contributed by atoms with Crippen LogP contribution in [0, 0.1) is 0 Å². The molecular formula is C18H26N6O7S. The van der Waals surface area contributed by atoms with Crippen molar-refractivity contribution in [1.82, 2.24) is 25.5 Å². The van der Waals surface area contributed by atoms with Crippen LogP contribution in [0.5, 0.6) is 0 Å². The van der Waals surface area contributed by atoms with Crippen LogP contribution in [-0.4, -0.2) is 91.2 Å². The molecule has 0 aliphatic carbocycles. The maximum absolute atomic E-state index is 13.1. The Morgan fingerprint density at radius 1 is 1.22 bits per heavy atom. The number of amides is 3. The van der Waals surface area contributed by atoms with Gasteiger partial charge >= 0.3 is 11.9 Å². The number of carboxylic acid groups (broad SMARTS) is 2. The van der Waals surface area contributed by atoms with Crippen molar-refractivity contribution in [2.24, 2.45) is 5.73 Å². The molecule has 2 heterocycles. The Morgan fingerprint density at radius 2 is 1.91 bits per heavy atom. The maximum atomic E-state index is 13.1. The van der Waals surface area contributed by atoms with E-state index in [4.69, 9.17) is 10.8 Å². The molecule has 0 saturated carbocycles. The van der Waals surface area contributed by atoms with Gasteiger partial charge in [0.05, 0.1) is 18.8 Å². The molecule has 13 nitrogen and oxygen atoms in total. The summed E-state index contributed by atoms with van der Waals surface area (Å²) in [5, 5.41) is 23.0. The highest BCUT2D eigenvalue weighted by Gasteiger charge is 2.38. The van der Waals surface area contributed by atoms with E-state index in [1.165, 1.54) is 17.4 Å². The molecular weight excluding hydrogens is 444 g/mol. The fraction of sp³-hybridized carbons (Fsp3) is 0.556. The number of aliphatic carboxylic acids is 2. The monoisotopic (exact) mass is 470 g/mol. The van der Waals surface area contributed by atoms with Crippen molar-refractivity contribution in [3.8, 4) is 0 Å². The van der Waals surface area contributed by atoms with Crippen molar-refractivity contribution in [1.29, 1.82) is 0 Å². The number of aromatic amines is 1. The number of thiol groups is 1. The Hall–Kier alpha value is -3.13. The highest BCUT2D eigenvalue weighted by molar-refractivity contribution is 7.80. The van der Waals surface area contributed by atoms with Crippen molar-refractivity contribution < 1.29 is 34.2 Å². The number of rotatable bonds is 11. The maximum Gasteiger partial charge on any atom is 0.326 e. The predicted molar refractivity (Wildman–Crippen MR) is 113 cm³/mol. The van der Waals surface area contributed by atoms with Crippen LogP contribution in [0.3, 0.4) is 0 Å². The number of carbonyl (C=O) groups is 5. The third kappa shape index (κ3) is 6.68. The van der Waals surface area contributed by atoms with Crippen LogP contribution in [0.15, 0.2) is 12.5 Å². The second kappa shape index (κ2) is 11.5. The van der Waals surface area contributed by atoms with Gasteiger partial charge < -0.3 is 36.5 Å². The van der Waals surface area contributed by atoms with Gasteiger partial charge in [-0.15, -0.1) is 0 Å². The van der Waals surface area contributed by atoms with Gasteiger partial charge in [0.2, 0.25) is 17.7 Å². The summed E-state index contributed by atoms with van der Waals surface area (Å²) in [7, 11) is 0. The smallest absolute Gasteiger partial charge is 0.326 e. The van der Waals surface area contributed by atoms with E-state index in [0.29, 0.717) is 18.5 Å². The van der Waals surface area contributed by atoms with Gasteiger partial charge in [-0.25, -0.2) is 9.78 Å². The number of likely N-dealkylation sites (tertiary alicyclic amines) is 1. The zero-order valence-corrected chi connectivity index (χ0v) is 18.0. The number of hydrogen-bond acceptors (Lipinski definition) is 8. The minimum Gasteiger partial charge on any atom is -0.481 e. The fourth-order valence-electron chi connectivity index (χ4n) is 3.33. The zero-order chi connectivity index (χ0) is 23.8. The average molecular weight is 471 g/mol. The van der Waals surface area contributed by atoms with E-state index in [1.807, 2.05) is 0 Å². The lowest BCUT2D eigenvalue weighted by Gasteiger charge is -2.28. The third-order valence-electron chi connectivity index (χ3n) is 4.96. The fourth-order valence-corrected chi connectivity index (χ4v) is 3.59. The number of carboxylic acids is 2. The first-order valence-corrected chi connectivity index (χ1v) is 10.5. The Kier molecular flexibility index (Phi) is 9.02. The van der Waals surface area contributed by atoms with Crippen LogP contribution >= 0.6 is 12.6 Å². The lowest BCUT2D eigenvalue weighted by molar-refractivity contribution is -0.149. The van der Waals surface area contributed by atoms with E-state index in [2.05, 4.69) is 33.2 Å². The van der Waals surface area contributed by atoms with Crippen LogP contribution in [0.4, 0.5) is 0 Å². The molecule has 4 unspecified atom stereocenters. The van der Waals surface area contributed by atoms with Crippen molar-refractivity contribution in [2.75, 3.05) is 12.3 Å². The van der Waals surface area contributed by atoms with Crippen molar-refractivity contribution in [2.45, 2.75) is 49.9 Å². The topological polar surface area (TPSA) is 208 Å². The molecule has 1 saturated heterocycles. The van der Waals surface area contributed by atoms with Gasteiger partial charge in [0.25, 0.3) is 0 Å². The molecule has 0 radical (unpaired) electrons. The quantitative estimate of drug-likeness (QED) is 0.174. The molecule has 0 spiro atoms. The molecule has 3 amide bonds. The largest absolute Gasteiger partial charge is 0.481 e. The molecule has 2 rings (SSSR count). The van der Waals surface area contributed by atoms with Crippen LogP contribution < -0.4 is 16.4 Å². The van der Waals surface area contributed by atoms with Gasteiger partial charge in [0.1, 0.15) is 18.1 Å². The molecule has 32 heavy (non-hydrogen) atoms. The lowest BCUT2D eigenvalue weighted by atomic mass is 10.1. The molecule has 14 heteroatoms. The van der Waals surface area contributed by atoms with Crippen LogP contribution in [0.1, 0.15) is 25.0 Å². The summed E-state index contributed by atoms with van der Waals surface area (Å²) in [5.41, 5.74) is 6.04. The van der Waals surface area contributed by atoms with Crippen molar-refractivity contribution >= 4 is 42.3 Å². The Bertz CT molecular complexity index is 849. The number of nitrogens with zero attached hydrogens (tertiary/aromatic N) is 2. The second-order valence-corrected chi connectivity index (χ2v) is 7.68. The zero-order valence-electron chi connectivity index (χ0n) is 17.1. The standard InChI is InChI=1S/C18H26N6O7S/c19-10(5-14(25)26)15(27)23-12(7-32)16(28)22-11(4-9-6-20-8-21-9)17(29)24-3-1-2-13(24)18(30)31/h6,8,10-13,32H,1-5,7,19H2,(H,20,21)(H,22,28)(H,23,27)(H,25,26)(H,30,31). The molecule has 4 atom stereocenters. The molecule has 1 aromatic heterocycles. The summed E-state index contributed by atoms with van der Waals surface area (Å²) in [6.45, 7) is 0.238. The highest BCUT2D eigenvalue weighted by Crippen LogP contribution is 2.19. The van der Waals surface area contributed by atoms with E-state index in [1.54, 1.807) is 0 Å². The summed E-state index contributed by atoms with van der Waals surface area (Å²) >= 11 is 4.04. The number of nitrogens with one attached hydrogen (secondary N) is 3. The second-order valence-electron chi connectivity index (χ2n) is 7.32. The van der Waals surface area contributed by atoms with Gasteiger partial charge in [-0.3, -0.25) is 19.2 Å². The molecule has 176 valence electrons. The Morgan fingerprint density at radius 3 is 2.47 bits per heavy atom. The molecule has 1 aromatic rings. The normalized spacial score (nSPS) is 18.4. The van der Waals surface area contributed by atoms with Gasteiger partial charge in [0.15, 0.2) is 0 Å². The number of H-pyrrole nitrogens is 1.